The Hall–Kier alpha value is -1.63. The molecule has 0 aromatic heterocycles. The largest absolute Gasteiger partial charge is 0.403 e. The Morgan fingerprint density at radius 2 is 1.91 bits per heavy atom. The van der Waals surface area contributed by atoms with Crippen molar-refractivity contribution in [2.75, 3.05) is 6.54 Å². The summed E-state index contributed by atoms with van der Waals surface area (Å²) in [5, 5.41) is 11.1. The van der Waals surface area contributed by atoms with Crippen molar-refractivity contribution in [2.45, 2.75) is 79.3 Å². The van der Waals surface area contributed by atoms with E-state index in [9.17, 15) is 23.1 Å². The molecule has 0 spiro atoms. The molecule has 2 heterocycles. The number of nitrogens with one attached hydrogen (secondary N) is 1. The first kappa shape index (κ1) is 27.9. The van der Waals surface area contributed by atoms with Crippen LogP contribution >= 0.6 is 23.4 Å². The van der Waals surface area contributed by atoms with Crippen LogP contribution in [0.2, 0.25) is 0 Å². The topological polar surface area (TPSA) is 87.7 Å². The lowest BCUT2D eigenvalue weighted by molar-refractivity contribution is -0.143. The lowest BCUT2D eigenvalue weighted by Crippen LogP contribution is -2.43. The number of alkyl halides is 3. The first-order valence-corrected chi connectivity index (χ1v) is 13.2. The molecule has 0 saturated heterocycles. The SMILES string of the molecule is CC(C)(O)CNC(=O)C1=NC(CC2CCC2)=C2c3ccc(S)cc3S(F)(F)C12.CC(N)C(F)(F)F. The second kappa shape index (κ2) is 10.0. The van der Waals surface area contributed by atoms with Gasteiger partial charge in [0.25, 0.3) is 5.91 Å². The standard InChI is InChI=1S/C20H24F2N2O2S2.C3H6F3N/c1-20(2,26)10-23-19(25)17-18-16(14(24-17)8-11-4-3-5-11)13-7-6-12(27)9-15(13)28(18,21)22;1-2(7)3(4,5)6/h6-7,9,11,18,26-27H,3-5,8,10H2,1-2H3,(H,23,25);2H,7H2,1H3. The van der Waals surface area contributed by atoms with Crippen LogP contribution in [0.15, 0.2) is 38.7 Å². The van der Waals surface area contributed by atoms with Gasteiger partial charge in [0.05, 0.1) is 27.3 Å². The predicted octanol–water partition coefficient (Wildman–Crippen LogP) is 5.43. The van der Waals surface area contributed by atoms with Crippen molar-refractivity contribution in [2.24, 2.45) is 16.6 Å². The van der Waals surface area contributed by atoms with E-state index in [4.69, 9.17) is 0 Å². The van der Waals surface area contributed by atoms with Crippen LogP contribution in [0, 0.1) is 5.92 Å². The molecular weight excluding hydrogens is 509 g/mol. The van der Waals surface area contributed by atoms with Crippen LogP contribution in [0.1, 0.15) is 52.0 Å². The second-order valence-corrected chi connectivity index (χ2v) is 12.2. The quantitative estimate of drug-likeness (QED) is 0.297. The van der Waals surface area contributed by atoms with Gasteiger partial charge in [-0.1, -0.05) is 25.3 Å². The first-order chi connectivity index (χ1) is 16.0. The smallest absolute Gasteiger partial charge is 0.389 e. The number of amides is 1. The van der Waals surface area contributed by atoms with E-state index in [2.05, 4.69) is 28.7 Å². The molecule has 196 valence electrons. The van der Waals surface area contributed by atoms with Crippen LogP contribution in [0.5, 0.6) is 0 Å². The Balaban J connectivity index is 0.000000429. The van der Waals surface area contributed by atoms with Gasteiger partial charge in [-0.15, -0.1) is 12.6 Å². The Labute approximate surface area is 208 Å². The van der Waals surface area contributed by atoms with E-state index in [1.54, 1.807) is 26.0 Å². The molecule has 0 bridgehead atoms. The normalized spacial score (nSPS) is 22.8. The fraction of sp³-hybridized carbons (Fsp3) is 0.565. The fourth-order valence-corrected chi connectivity index (χ4v) is 6.21. The molecule has 1 aliphatic carbocycles. The summed E-state index contributed by atoms with van der Waals surface area (Å²) in [4.78, 5) is 17.7. The minimum Gasteiger partial charge on any atom is -0.389 e. The van der Waals surface area contributed by atoms with E-state index in [-0.39, 0.29) is 17.2 Å². The third kappa shape index (κ3) is 6.20. The number of hydrogen-bond acceptors (Lipinski definition) is 5. The Bertz CT molecular complexity index is 1040. The molecule has 1 saturated carbocycles. The lowest BCUT2D eigenvalue weighted by Gasteiger charge is -2.25. The van der Waals surface area contributed by atoms with Gasteiger partial charge in [0.2, 0.25) is 0 Å². The number of hydrogen-bond donors (Lipinski definition) is 4. The number of allylic oxidation sites excluding steroid dienone is 1. The number of rotatable bonds is 5. The molecule has 3 aliphatic rings. The molecule has 1 aromatic rings. The van der Waals surface area contributed by atoms with Gasteiger partial charge in [-0.2, -0.15) is 20.9 Å². The van der Waals surface area contributed by atoms with Gasteiger partial charge in [0.15, 0.2) is 0 Å². The molecule has 2 unspecified atom stereocenters. The Morgan fingerprint density at radius 1 is 1.31 bits per heavy atom. The number of halogens is 5. The molecule has 1 aromatic carbocycles. The summed E-state index contributed by atoms with van der Waals surface area (Å²) < 4.78 is 64.1. The minimum absolute atomic E-state index is 0.00574. The van der Waals surface area contributed by atoms with Crippen molar-refractivity contribution in [3.63, 3.8) is 0 Å². The third-order valence-electron chi connectivity index (χ3n) is 6.06. The number of aliphatic hydroxyl groups is 1. The molecule has 5 nitrogen and oxygen atoms in total. The highest BCUT2D eigenvalue weighted by atomic mass is 32.3. The van der Waals surface area contributed by atoms with Gasteiger partial charge in [0, 0.05) is 22.7 Å². The van der Waals surface area contributed by atoms with E-state index in [1.807, 2.05) is 0 Å². The van der Waals surface area contributed by atoms with Gasteiger partial charge in [0.1, 0.15) is 11.0 Å². The summed E-state index contributed by atoms with van der Waals surface area (Å²) in [5.74, 6) is -0.179. The summed E-state index contributed by atoms with van der Waals surface area (Å²) in [6.45, 7) is 3.98. The number of nitrogens with two attached hydrogens (primary N) is 1. The summed E-state index contributed by atoms with van der Waals surface area (Å²) >= 11 is 4.22. The maximum Gasteiger partial charge on any atom is 0.403 e. The molecule has 0 radical (unpaired) electrons. The second-order valence-electron chi connectivity index (χ2n) is 9.75. The van der Waals surface area contributed by atoms with E-state index < -0.39 is 39.8 Å². The number of thiol groups is 1. The molecule has 4 rings (SSSR count). The van der Waals surface area contributed by atoms with Crippen LogP contribution in [-0.4, -0.2) is 46.3 Å². The number of nitrogens with zero attached hydrogens (tertiary/aromatic N) is 1. The molecule has 1 amide bonds. The molecule has 35 heavy (non-hydrogen) atoms. The zero-order valence-corrected chi connectivity index (χ0v) is 21.3. The summed E-state index contributed by atoms with van der Waals surface area (Å²) in [6, 6.07) is 3.11. The van der Waals surface area contributed by atoms with Gasteiger partial charge < -0.3 is 16.2 Å². The Kier molecular flexibility index (Phi) is 8.01. The molecule has 2 atom stereocenters. The zero-order chi connectivity index (χ0) is 26.3. The number of fused-ring (bicyclic) bond motifs is 3. The maximum atomic E-state index is 15.5. The molecule has 1 fully saturated rings. The van der Waals surface area contributed by atoms with Gasteiger partial charge in [-0.25, -0.2) is 0 Å². The third-order valence-corrected chi connectivity index (χ3v) is 8.31. The first-order valence-electron chi connectivity index (χ1n) is 11.2. The van der Waals surface area contributed by atoms with Crippen LogP contribution < -0.4 is 11.1 Å². The van der Waals surface area contributed by atoms with E-state index in [1.165, 1.54) is 6.07 Å². The molecular formula is C23H30F5N3O2S2. The van der Waals surface area contributed by atoms with Crippen LogP contribution in [-0.2, 0) is 4.79 Å². The summed E-state index contributed by atoms with van der Waals surface area (Å²) in [7, 11) is -4.27. The van der Waals surface area contributed by atoms with Crippen molar-refractivity contribution < 1.29 is 30.8 Å². The summed E-state index contributed by atoms with van der Waals surface area (Å²) in [6.07, 6.45) is -0.294. The highest BCUT2D eigenvalue weighted by Gasteiger charge is 2.55. The fourth-order valence-electron chi connectivity index (χ4n) is 3.91. The number of carbonyl (C=O) groups is 1. The minimum atomic E-state index is -4.27. The molecule has 12 heteroatoms. The van der Waals surface area contributed by atoms with Crippen LogP contribution in [0.3, 0.4) is 0 Å². The van der Waals surface area contributed by atoms with Crippen LogP contribution in [0.4, 0.5) is 20.9 Å². The van der Waals surface area contributed by atoms with Crippen molar-refractivity contribution in [1.29, 1.82) is 0 Å². The van der Waals surface area contributed by atoms with Crippen molar-refractivity contribution in [3.05, 3.63) is 29.5 Å². The Morgan fingerprint density at radius 3 is 2.40 bits per heavy atom. The van der Waals surface area contributed by atoms with Crippen molar-refractivity contribution in [1.82, 2.24) is 5.32 Å². The number of carbonyl (C=O) groups excluding carboxylic acids is 1. The van der Waals surface area contributed by atoms with Gasteiger partial charge in [-0.3, -0.25) is 9.79 Å². The zero-order valence-electron chi connectivity index (χ0n) is 19.6. The summed E-state index contributed by atoms with van der Waals surface area (Å²) in [5.41, 5.74) is 4.84. The molecule has 4 N–H and O–H groups in total. The van der Waals surface area contributed by atoms with Gasteiger partial charge in [-0.05, 0) is 50.8 Å². The number of benzene rings is 1. The number of aliphatic imine (C=N–C) groups is 1. The van der Waals surface area contributed by atoms with E-state index in [0.29, 0.717) is 34.1 Å². The van der Waals surface area contributed by atoms with E-state index in [0.717, 1.165) is 26.2 Å². The van der Waals surface area contributed by atoms with Gasteiger partial charge >= 0.3 is 6.18 Å². The lowest BCUT2D eigenvalue weighted by atomic mass is 9.81. The van der Waals surface area contributed by atoms with Crippen LogP contribution in [0.25, 0.3) is 5.57 Å². The highest BCUT2D eigenvalue weighted by Crippen LogP contribution is 2.74. The highest BCUT2D eigenvalue weighted by molar-refractivity contribution is 8.27. The monoisotopic (exact) mass is 539 g/mol. The van der Waals surface area contributed by atoms with Crippen molar-refractivity contribution >= 4 is 40.6 Å². The average Bonchev–Trinajstić information content (AvgIpc) is 3.17. The van der Waals surface area contributed by atoms with E-state index >= 15 is 7.77 Å². The molecule has 2 aliphatic heterocycles. The average molecular weight is 540 g/mol. The maximum absolute atomic E-state index is 15.5. The van der Waals surface area contributed by atoms with Crippen molar-refractivity contribution in [3.8, 4) is 0 Å². The predicted molar refractivity (Wildman–Crippen MR) is 131 cm³/mol.